The van der Waals surface area contributed by atoms with E-state index in [0.29, 0.717) is 22.5 Å². The van der Waals surface area contributed by atoms with Crippen LogP contribution < -0.4 is 16.4 Å². The van der Waals surface area contributed by atoms with Gasteiger partial charge in [-0.05, 0) is 24.3 Å². The molecule has 1 aliphatic heterocycles. The number of ether oxygens (including phenoxy) is 1. The van der Waals surface area contributed by atoms with Crippen LogP contribution in [-0.2, 0) is 9.53 Å². The lowest BCUT2D eigenvalue weighted by molar-refractivity contribution is -0.125. The Morgan fingerprint density at radius 1 is 1.11 bits per heavy atom. The van der Waals surface area contributed by atoms with Crippen molar-refractivity contribution in [3.63, 3.8) is 0 Å². The van der Waals surface area contributed by atoms with Crippen molar-refractivity contribution in [1.29, 1.82) is 0 Å². The minimum absolute atomic E-state index is 0.134. The summed E-state index contributed by atoms with van der Waals surface area (Å²) in [6, 6.07) is 14.0. The predicted molar refractivity (Wildman–Crippen MR) is 129 cm³/mol. The molecule has 0 aliphatic carbocycles. The number of benzene rings is 2. The first-order valence-corrected chi connectivity index (χ1v) is 11.2. The number of nitrogens with one attached hydrogen (secondary N) is 2. The second-order valence-electron chi connectivity index (χ2n) is 8.20. The molecular formula is C25H22FN7O3. The predicted octanol–water partition coefficient (Wildman–Crippen LogP) is 2.74. The van der Waals surface area contributed by atoms with Gasteiger partial charge in [0.25, 0.3) is 5.91 Å². The number of aromatic nitrogens is 4. The number of hydrogen-bond donors (Lipinski definition) is 3. The highest BCUT2D eigenvalue weighted by atomic mass is 19.1. The monoisotopic (exact) mass is 487 g/mol. The maximum atomic E-state index is 13.2. The molecule has 0 bridgehead atoms. The van der Waals surface area contributed by atoms with Gasteiger partial charge in [0.05, 0.1) is 24.1 Å². The molecule has 0 radical (unpaired) electrons. The number of carbonyl (C=O) groups excluding carboxylic acids is 2. The zero-order valence-electron chi connectivity index (χ0n) is 19.0. The van der Waals surface area contributed by atoms with E-state index in [9.17, 15) is 14.0 Å². The molecule has 0 saturated carbocycles. The third-order valence-corrected chi connectivity index (χ3v) is 5.70. The van der Waals surface area contributed by atoms with Crippen LogP contribution in [-0.4, -0.2) is 44.7 Å². The number of amides is 1. The van der Waals surface area contributed by atoms with Crippen LogP contribution in [0.3, 0.4) is 0 Å². The highest BCUT2D eigenvalue weighted by Crippen LogP contribution is 2.25. The van der Waals surface area contributed by atoms with E-state index in [1.54, 1.807) is 36.5 Å². The van der Waals surface area contributed by atoms with E-state index in [-0.39, 0.29) is 17.6 Å². The Kier molecular flexibility index (Phi) is 6.37. The molecule has 36 heavy (non-hydrogen) atoms. The lowest BCUT2D eigenvalue weighted by Gasteiger charge is -2.27. The highest BCUT2D eigenvalue weighted by molar-refractivity contribution is 5.99. The summed E-state index contributed by atoms with van der Waals surface area (Å²) in [5.41, 5.74) is 7.55. The van der Waals surface area contributed by atoms with Gasteiger partial charge in [-0.25, -0.2) is 19.2 Å². The first-order chi connectivity index (χ1) is 17.5. The Morgan fingerprint density at radius 3 is 2.56 bits per heavy atom. The number of hydrogen-bond acceptors (Lipinski definition) is 8. The van der Waals surface area contributed by atoms with E-state index in [1.807, 2.05) is 10.9 Å². The molecule has 1 aliphatic rings. The second kappa shape index (κ2) is 9.92. The summed E-state index contributed by atoms with van der Waals surface area (Å²) in [5.74, 6) is -2.12. The minimum Gasteiger partial charge on any atom is -0.442 e. The third kappa shape index (κ3) is 4.91. The molecule has 1 saturated heterocycles. The average molecular weight is 487 g/mol. The topological polar surface area (TPSA) is 137 Å². The number of nitrogen functional groups attached to an aromatic ring is 1. The first-order valence-electron chi connectivity index (χ1n) is 11.2. The van der Waals surface area contributed by atoms with Crippen LogP contribution in [0.1, 0.15) is 28.2 Å². The molecule has 1 amide bonds. The summed E-state index contributed by atoms with van der Waals surface area (Å²) in [6.07, 6.45) is 3.59. The number of nitrogens with zero attached hydrogens (tertiary/aromatic N) is 4. The maximum Gasteiger partial charge on any atom is 0.361 e. The van der Waals surface area contributed by atoms with Gasteiger partial charge in [-0.2, -0.15) is 5.10 Å². The van der Waals surface area contributed by atoms with Gasteiger partial charge < -0.3 is 21.1 Å². The van der Waals surface area contributed by atoms with Gasteiger partial charge in [0.15, 0.2) is 11.5 Å². The number of nitrogens with two attached hydrogens (primary N) is 1. The molecule has 4 N–H and O–H groups in total. The first kappa shape index (κ1) is 23.1. The van der Waals surface area contributed by atoms with Crippen molar-refractivity contribution in [3.05, 3.63) is 90.3 Å². The molecule has 3 heterocycles. The lowest BCUT2D eigenvalue weighted by atomic mass is 10.1. The standard InChI is InChI=1S/C25H22FN7O3/c26-17-6-8-18(9-7-17)31-24(34)22(15-4-2-1-3-5-15)36-25(35)21-23(27)29-13-20(32-21)16-10-30-33(14-16)19-11-28-12-19/h1-10,13-14,19,22,28H,11-12H2,(H2,27,29)(H,31,34)/t22-/m1/s1. The number of rotatable bonds is 7. The normalized spacial score (nSPS) is 14.0. The van der Waals surface area contributed by atoms with Crippen molar-refractivity contribution in [2.45, 2.75) is 12.1 Å². The quantitative estimate of drug-likeness (QED) is 0.339. The number of halogens is 1. The average Bonchev–Trinajstić information content (AvgIpc) is 3.33. The number of carbonyl (C=O) groups is 2. The fourth-order valence-corrected chi connectivity index (χ4v) is 3.62. The summed E-state index contributed by atoms with van der Waals surface area (Å²) >= 11 is 0. The smallest absolute Gasteiger partial charge is 0.361 e. The van der Waals surface area contributed by atoms with Gasteiger partial charge >= 0.3 is 5.97 Å². The van der Waals surface area contributed by atoms with Crippen LogP contribution in [0.15, 0.2) is 73.2 Å². The highest BCUT2D eigenvalue weighted by Gasteiger charge is 2.28. The van der Waals surface area contributed by atoms with Gasteiger partial charge in [0.1, 0.15) is 5.82 Å². The number of esters is 1. The fourth-order valence-electron chi connectivity index (χ4n) is 3.62. The fraction of sp³-hybridized carbons (Fsp3) is 0.160. The van der Waals surface area contributed by atoms with E-state index in [4.69, 9.17) is 10.5 Å². The van der Waals surface area contributed by atoms with Crippen molar-refractivity contribution in [2.24, 2.45) is 0 Å². The van der Waals surface area contributed by atoms with Crippen molar-refractivity contribution in [3.8, 4) is 11.3 Å². The van der Waals surface area contributed by atoms with Gasteiger partial charge in [-0.15, -0.1) is 0 Å². The Balaban J connectivity index is 1.39. The SMILES string of the molecule is Nc1ncc(-c2cnn(C3CNC3)c2)nc1C(=O)O[C@@H](C(=O)Nc1ccc(F)cc1)c1ccccc1. The van der Waals surface area contributed by atoms with Crippen LogP contribution >= 0.6 is 0 Å². The van der Waals surface area contributed by atoms with Crippen molar-refractivity contribution < 1.29 is 18.7 Å². The molecule has 2 aromatic heterocycles. The Labute approximate surface area is 205 Å². The Hall–Kier alpha value is -4.64. The molecular weight excluding hydrogens is 465 g/mol. The maximum absolute atomic E-state index is 13.2. The van der Waals surface area contributed by atoms with E-state index in [2.05, 4.69) is 25.7 Å². The Bertz CT molecular complexity index is 1390. The van der Waals surface area contributed by atoms with Gasteiger partial charge in [-0.3, -0.25) is 9.48 Å². The number of anilines is 2. The molecule has 0 spiro atoms. The summed E-state index contributed by atoms with van der Waals surface area (Å²) < 4.78 is 20.7. The molecule has 2 aromatic carbocycles. The van der Waals surface area contributed by atoms with E-state index in [0.717, 1.165) is 13.1 Å². The van der Waals surface area contributed by atoms with Crippen LogP contribution in [0, 0.1) is 5.82 Å². The lowest BCUT2D eigenvalue weighted by Crippen LogP contribution is -2.43. The zero-order chi connectivity index (χ0) is 25.1. The van der Waals surface area contributed by atoms with E-state index < -0.39 is 23.8 Å². The van der Waals surface area contributed by atoms with Gasteiger partial charge in [0.2, 0.25) is 6.10 Å². The largest absolute Gasteiger partial charge is 0.442 e. The van der Waals surface area contributed by atoms with Crippen LogP contribution in [0.2, 0.25) is 0 Å². The summed E-state index contributed by atoms with van der Waals surface area (Å²) in [5, 5.41) is 10.2. The molecule has 1 fully saturated rings. The Morgan fingerprint density at radius 2 is 1.86 bits per heavy atom. The molecule has 182 valence electrons. The zero-order valence-corrected chi connectivity index (χ0v) is 19.0. The van der Waals surface area contributed by atoms with E-state index >= 15 is 0 Å². The van der Waals surface area contributed by atoms with Crippen molar-refractivity contribution >= 4 is 23.4 Å². The molecule has 1 atom stereocenters. The summed E-state index contributed by atoms with van der Waals surface area (Å²) in [7, 11) is 0. The van der Waals surface area contributed by atoms with Crippen molar-refractivity contribution in [1.82, 2.24) is 25.1 Å². The minimum atomic E-state index is -1.32. The molecule has 4 aromatic rings. The van der Waals surface area contributed by atoms with Crippen LogP contribution in [0.25, 0.3) is 11.3 Å². The molecule has 5 rings (SSSR count). The third-order valence-electron chi connectivity index (χ3n) is 5.70. The van der Waals surface area contributed by atoms with E-state index in [1.165, 1.54) is 30.5 Å². The summed E-state index contributed by atoms with van der Waals surface area (Å²) in [4.78, 5) is 34.7. The molecule has 0 unspecified atom stereocenters. The molecule has 11 heteroatoms. The van der Waals surface area contributed by atoms with Crippen LogP contribution in [0.5, 0.6) is 0 Å². The second-order valence-corrected chi connectivity index (χ2v) is 8.20. The van der Waals surface area contributed by atoms with Gasteiger partial charge in [0, 0.05) is 36.1 Å². The molecule has 10 nitrogen and oxygen atoms in total. The van der Waals surface area contributed by atoms with Gasteiger partial charge in [-0.1, -0.05) is 30.3 Å². The van der Waals surface area contributed by atoms with Crippen LogP contribution in [0.4, 0.5) is 15.9 Å². The summed E-state index contributed by atoms with van der Waals surface area (Å²) in [6.45, 7) is 1.65. The van der Waals surface area contributed by atoms with Crippen molar-refractivity contribution in [2.75, 3.05) is 24.1 Å².